The second kappa shape index (κ2) is 7.99. The first-order valence-electron chi connectivity index (χ1n) is 6.52. The highest BCUT2D eigenvalue weighted by Crippen LogP contribution is 2.12. The van der Waals surface area contributed by atoms with Crippen LogP contribution in [0.1, 0.15) is 34.1 Å². The second-order valence-corrected chi connectivity index (χ2v) is 5.45. The van der Waals surface area contributed by atoms with Gasteiger partial charge in [-0.3, -0.25) is 0 Å². The van der Waals surface area contributed by atoms with Crippen LogP contribution in [0.5, 0.6) is 0 Å². The zero-order valence-corrected chi connectivity index (χ0v) is 12.5. The molecule has 0 aromatic rings. The van der Waals surface area contributed by atoms with Crippen molar-refractivity contribution in [2.75, 3.05) is 26.8 Å². The van der Waals surface area contributed by atoms with Crippen molar-refractivity contribution < 1.29 is 19.4 Å². The highest BCUT2D eigenvalue weighted by molar-refractivity contribution is 5.85. The van der Waals surface area contributed by atoms with Crippen molar-refractivity contribution in [2.24, 2.45) is 5.92 Å². The van der Waals surface area contributed by atoms with E-state index < -0.39 is 17.5 Å². The Morgan fingerprint density at radius 2 is 1.89 bits per heavy atom. The molecule has 0 heterocycles. The molecule has 6 nitrogen and oxygen atoms in total. The number of hydrogen-bond donors (Lipinski definition) is 2. The molecule has 0 unspecified atom stereocenters. The van der Waals surface area contributed by atoms with E-state index in [4.69, 9.17) is 9.84 Å². The largest absolute Gasteiger partial charge is 0.480 e. The molecule has 6 heteroatoms. The zero-order valence-electron chi connectivity index (χ0n) is 12.5. The summed E-state index contributed by atoms with van der Waals surface area (Å²) >= 11 is 0. The number of amides is 2. The van der Waals surface area contributed by atoms with Crippen LogP contribution in [-0.4, -0.2) is 54.4 Å². The number of likely N-dealkylation sites (N-methyl/N-ethyl adjacent to an activating group) is 1. The molecule has 0 aliphatic carbocycles. The average Bonchev–Trinajstić information content (AvgIpc) is 2.31. The summed E-state index contributed by atoms with van der Waals surface area (Å²) in [6.45, 7) is 8.67. The Morgan fingerprint density at radius 1 is 1.32 bits per heavy atom. The quantitative estimate of drug-likeness (QED) is 0.658. The molecular weight excluding hydrogens is 248 g/mol. The number of carboxylic acid groups (broad SMARTS) is 1. The number of carbonyl (C=O) groups is 2. The molecule has 112 valence electrons. The van der Waals surface area contributed by atoms with Gasteiger partial charge in [-0.2, -0.15) is 0 Å². The van der Waals surface area contributed by atoms with Crippen molar-refractivity contribution in [1.29, 1.82) is 0 Å². The van der Waals surface area contributed by atoms with Crippen molar-refractivity contribution in [3.63, 3.8) is 0 Å². The van der Waals surface area contributed by atoms with Crippen LogP contribution in [0, 0.1) is 5.92 Å². The molecule has 0 bridgehead atoms. The van der Waals surface area contributed by atoms with Crippen molar-refractivity contribution in [3.8, 4) is 0 Å². The lowest BCUT2D eigenvalue weighted by molar-refractivity contribution is -0.146. The van der Waals surface area contributed by atoms with Crippen molar-refractivity contribution >= 4 is 12.0 Å². The topological polar surface area (TPSA) is 78.9 Å². The number of urea groups is 1. The fourth-order valence-electron chi connectivity index (χ4n) is 1.17. The van der Waals surface area contributed by atoms with Crippen LogP contribution in [0.4, 0.5) is 4.79 Å². The molecule has 0 radical (unpaired) electrons. The number of rotatable bonds is 8. The molecule has 0 atom stereocenters. The molecule has 19 heavy (non-hydrogen) atoms. The maximum absolute atomic E-state index is 11.7. The number of carbonyl (C=O) groups excluding carboxylic acids is 1. The smallest absolute Gasteiger partial charge is 0.329 e. The van der Waals surface area contributed by atoms with Crippen LogP contribution >= 0.6 is 0 Å². The van der Waals surface area contributed by atoms with Gasteiger partial charge in [0.05, 0.1) is 6.61 Å². The number of ether oxygens (including phenoxy) is 1. The first-order chi connectivity index (χ1) is 8.69. The summed E-state index contributed by atoms with van der Waals surface area (Å²) in [5, 5.41) is 11.6. The molecule has 2 amide bonds. The monoisotopic (exact) mass is 274 g/mol. The van der Waals surface area contributed by atoms with E-state index in [1.54, 1.807) is 0 Å². The van der Waals surface area contributed by atoms with E-state index in [-0.39, 0.29) is 0 Å². The van der Waals surface area contributed by atoms with Crippen molar-refractivity contribution in [1.82, 2.24) is 10.2 Å². The molecule has 0 aliphatic heterocycles. The van der Waals surface area contributed by atoms with Crippen LogP contribution in [0.3, 0.4) is 0 Å². The molecule has 0 saturated carbocycles. The van der Waals surface area contributed by atoms with Crippen LogP contribution < -0.4 is 5.32 Å². The average molecular weight is 274 g/mol. The van der Waals surface area contributed by atoms with Crippen molar-refractivity contribution in [2.45, 2.75) is 39.7 Å². The third kappa shape index (κ3) is 6.42. The first kappa shape index (κ1) is 17.7. The highest BCUT2D eigenvalue weighted by Gasteiger charge is 2.34. The minimum Gasteiger partial charge on any atom is -0.480 e. The van der Waals surface area contributed by atoms with Gasteiger partial charge >= 0.3 is 12.0 Å². The van der Waals surface area contributed by atoms with E-state index in [0.717, 1.165) is 6.42 Å². The summed E-state index contributed by atoms with van der Waals surface area (Å²) in [5.41, 5.74) is -1.23. The Hall–Kier alpha value is -1.30. The zero-order chi connectivity index (χ0) is 15.1. The predicted molar refractivity (Wildman–Crippen MR) is 73.2 cm³/mol. The predicted octanol–water partition coefficient (Wildman–Crippen LogP) is 1.55. The Morgan fingerprint density at radius 3 is 2.37 bits per heavy atom. The van der Waals surface area contributed by atoms with Gasteiger partial charge in [0.2, 0.25) is 0 Å². The summed E-state index contributed by atoms with van der Waals surface area (Å²) < 4.78 is 5.36. The molecule has 0 aromatic heterocycles. The van der Waals surface area contributed by atoms with E-state index in [1.165, 1.54) is 25.8 Å². The molecule has 0 aromatic carbocycles. The fraction of sp³-hybridized carbons (Fsp3) is 0.846. The lowest BCUT2D eigenvalue weighted by Crippen LogP contribution is -2.54. The normalized spacial score (nSPS) is 11.5. The van der Waals surface area contributed by atoms with Gasteiger partial charge in [0, 0.05) is 20.2 Å². The van der Waals surface area contributed by atoms with Gasteiger partial charge in [-0.25, -0.2) is 9.59 Å². The SMILES string of the molecule is CC(C)CCOCCNC(=O)N(C)C(C)(C)C(=O)O. The van der Waals surface area contributed by atoms with E-state index in [0.29, 0.717) is 25.7 Å². The number of nitrogens with zero attached hydrogens (tertiary/aromatic N) is 1. The maximum atomic E-state index is 11.7. The summed E-state index contributed by atoms with van der Waals surface area (Å²) in [7, 11) is 1.46. The highest BCUT2D eigenvalue weighted by atomic mass is 16.5. The number of hydrogen-bond acceptors (Lipinski definition) is 3. The van der Waals surface area contributed by atoms with Gasteiger partial charge in [-0.1, -0.05) is 13.8 Å². The Labute approximate surface area is 115 Å². The van der Waals surface area contributed by atoms with Crippen LogP contribution in [0.25, 0.3) is 0 Å². The fourth-order valence-corrected chi connectivity index (χ4v) is 1.17. The van der Waals surface area contributed by atoms with Crippen molar-refractivity contribution in [3.05, 3.63) is 0 Å². The summed E-state index contributed by atoms with van der Waals surface area (Å²) in [5.74, 6) is -0.449. The maximum Gasteiger partial charge on any atom is 0.329 e. The van der Waals surface area contributed by atoms with Gasteiger partial charge in [0.1, 0.15) is 5.54 Å². The minimum absolute atomic E-state index is 0.372. The van der Waals surface area contributed by atoms with Crippen LogP contribution in [0.15, 0.2) is 0 Å². The van der Waals surface area contributed by atoms with Gasteiger partial charge in [0.15, 0.2) is 0 Å². The lowest BCUT2D eigenvalue weighted by Gasteiger charge is -2.31. The van der Waals surface area contributed by atoms with E-state index in [9.17, 15) is 9.59 Å². The number of carboxylic acids is 1. The van der Waals surface area contributed by atoms with E-state index in [2.05, 4.69) is 19.2 Å². The molecular formula is C13H26N2O4. The van der Waals surface area contributed by atoms with Gasteiger partial charge < -0.3 is 20.1 Å². The molecule has 0 fully saturated rings. The molecule has 0 saturated heterocycles. The number of nitrogens with one attached hydrogen (secondary N) is 1. The summed E-state index contributed by atoms with van der Waals surface area (Å²) in [6, 6.07) is -0.417. The molecule has 2 N–H and O–H groups in total. The Kier molecular flexibility index (Phi) is 7.44. The van der Waals surface area contributed by atoms with E-state index in [1.807, 2.05) is 0 Å². The minimum atomic E-state index is -1.23. The third-order valence-corrected chi connectivity index (χ3v) is 3.03. The lowest BCUT2D eigenvalue weighted by atomic mass is 10.1. The number of aliphatic carboxylic acids is 1. The van der Waals surface area contributed by atoms with Gasteiger partial charge in [-0.15, -0.1) is 0 Å². The first-order valence-corrected chi connectivity index (χ1v) is 6.52. The summed E-state index contributed by atoms with van der Waals surface area (Å²) in [4.78, 5) is 23.9. The van der Waals surface area contributed by atoms with Gasteiger partial charge in [-0.05, 0) is 26.2 Å². The standard InChI is InChI=1S/C13H26N2O4/c1-10(2)6-8-19-9-7-14-12(18)15(5)13(3,4)11(16)17/h10H,6-9H2,1-5H3,(H,14,18)(H,16,17). The van der Waals surface area contributed by atoms with Crippen LogP contribution in [0.2, 0.25) is 0 Å². The summed E-state index contributed by atoms with van der Waals surface area (Å²) in [6.07, 6.45) is 0.986. The molecule has 0 rings (SSSR count). The van der Waals surface area contributed by atoms with Crippen LogP contribution in [-0.2, 0) is 9.53 Å². The second-order valence-electron chi connectivity index (χ2n) is 5.45. The Balaban J connectivity index is 3.90. The molecule has 0 aliphatic rings. The van der Waals surface area contributed by atoms with E-state index >= 15 is 0 Å². The Bertz CT molecular complexity index is 303. The van der Waals surface area contributed by atoms with Gasteiger partial charge in [0.25, 0.3) is 0 Å². The molecule has 0 spiro atoms. The third-order valence-electron chi connectivity index (χ3n) is 3.03.